The molecule has 0 saturated carbocycles. The van der Waals surface area contributed by atoms with Gasteiger partial charge in [0.2, 0.25) is 0 Å². The molecule has 1 amide bonds. The molecule has 14 nitrogen and oxygen atoms in total. The van der Waals surface area contributed by atoms with Gasteiger partial charge in [-0.25, -0.2) is 0 Å². The van der Waals surface area contributed by atoms with Crippen LogP contribution in [0.5, 0.6) is 11.5 Å². The van der Waals surface area contributed by atoms with E-state index in [2.05, 4.69) is 31.9 Å². The second-order valence-electron chi connectivity index (χ2n) is 11.8. The van der Waals surface area contributed by atoms with E-state index >= 15 is 0 Å². The van der Waals surface area contributed by atoms with Crippen LogP contribution in [0.1, 0.15) is 41.0 Å². The van der Waals surface area contributed by atoms with E-state index in [0.29, 0.717) is 79.2 Å². The van der Waals surface area contributed by atoms with Crippen molar-refractivity contribution >= 4 is 63.8 Å². The predicted molar refractivity (Wildman–Crippen MR) is 207 cm³/mol. The van der Waals surface area contributed by atoms with E-state index in [-0.39, 0.29) is 12.4 Å². The first-order chi connectivity index (χ1) is 25.3. The number of thiazole rings is 1. The Morgan fingerprint density at radius 1 is 1.13 bits per heavy atom. The number of hydrogen-bond acceptors (Lipinski definition) is 13. The van der Waals surface area contributed by atoms with Gasteiger partial charge in [0.05, 0.1) is 44.0 Å². The number of ether oxygens (including phenoxy) is 3. The number of amides is 1. The van der Waals surface area contributed by atoms with Crippen LogP contribution in [0.2, 0.25) is 0 Å². The van der Waals surface area contributed by atoms with Crippen molar-refractivity contribution in [1.29, 1.82) is 0 Å². The van der Waals surface area contributed by atoms with Gasteiger partial charge in [-0.1, -0.05) is 23.5 Å². The Kier molecular flexibility index (Phi) is 15.3. The van der Waals surface area contributed by atoms with Gasteiger partial charge in [0.25, 0.3) is 5.91 Å². The minimum Gasteiger partial charge on any atom is -0.494 e. The smallest absolute Gasteiger partial charge is 0.270 e. The van der Waals surface area contributed by atoms with Crippen LogP contribution >= 0.6 is 11.3 Å². The molecule has 0 bridgehead atoms. The first kappa shape index (κ1) is 39.7. The molecule has 3 N–H and O–H groups in total. The molecule has 1 saturated heterocycles. The van der Waals surface area contributed by atoms with Gasteiger partial charge in [-0.2, -0.15) is 0 Å². The molecule has 1 aliphatic rings. The molecule has 3 aromatic rings. The zero-order valence-corrected chi connectivity index (χ0v) is 31.1. The van der Waals surface area contributed by atoms with Crippen LogP contribution in [0.3, 0.4) is 0 Å². The number of benzene rings is 2. The number of nitrogens with zero attached hydrogens (tertiary/aromatic N) is 6. The Morgan fingerprint density at radius 3 is 2.52 bits per heavy atom. The lowest BCUT2D eigenvalue weighted by Crippen LogP contribution is -2.41. The fourth-order valence-corrected chi connectivity index (χ4v) is 6.79. The van der Waals surface area contributed by atoms with E-state index in [4.69, 9.17) is 19.9 Å². The first-order valence-corrected chi connectivity index (χ1v) is 17.9. The van der Waals surface area contributed by atoms with Crippen LogP contribution in [0.25, 0.3) is 10.2 Å². The maximum absolute atomic E-state index is 13.3. The van der Waals surface area contributed by atoms with Crippen molar-refractivity contribution in [3.05, 3.63) is 64.1 Å². The minimum absolute atomic E-state index is 0.0445. The van der Waals surface area contributed by atoms with E-state index in [0.717, 1.165) is 53.6 Å². The molecule has 0 aliphatic carbocycles. The molecule has 15 heteroatoms. The van der Waals surface area contributed by atoms with Crippen LogP contribution < -0.4 is 30.2 Å². The molecule has 1 aliphatic heterocycles. The fourth-order valence-electron chi connectivity index (χ4n) is 5.72. The summed E-state index contributed by atoms with van der Waals surface area (Å²) in [5.41, 5.74) is 9.27. The number of aldehydes is 2. The molecule has 1 aromatic heterocycles. The molecule has 1 fully saturated rings. The highest BCUT2D eigenvalue weighted by atomic mass is 32.1. The summed E-state index contributed by atoms with van der Waals surface area (Å²) >= 11 is 1.46. The lowest BCUT2D eigenvalue weighted by Gasteiger charge is -2.28. The molecule has 0 radical (unpaired) electrons. The molecule has 4 rings (SSSR count). The molecule has 2 heterocycles. The average molecular weight is 733 g/mol. The van der Waals surface area contributed by atoms with Gasteiger partial charge in [-0.3, -0.25) is 34.3 Å². The van der Waals surface area contributed by atoms with Gasteiger partial charge in [0, 0.05) is 63.1 Å². The highest BCUT2D eigenvalue weighted by molar-refractivity contribution is 7.16. The number of anilines is 1. The molecule has 278 valence electrons. The quantitative estimate of drug-likeness (QED) is 0.0614. The Labute approximate surface area is 308 Å². The lowest BCUT2D eigenvalue weighted by atomic mass is 10.1. The first-order valence-electron chi connectivity index (χ1n) is 17.0. The van der Waals surface area contributed by atoms with Crippen LogP contribution in [0, 0.1) is 0 Å². The Bertz CT molecular complexity index is 1890. The number of methoxy groups -OCH3 is 1. The molecule has 0 atom stereocenters. The van der Waals surface area contributed by atoms with Crippen LogP contribution in [-0.4, -0.2) is 114 Å². The fraction of sp³-hybridized carbons (Fsp3) is 0.405. The summed E-state index contributed by atoms with van der Waals surface area (Å²) in [5, 5.41) is 2.96. The maximum atomic E-state index is 13.3. The van der Waals surface area contributed by atoms with E-state index in [1.807, 2.05) is 34.6 Å². The van der Waals surface area contributed by atoms with Crippen molar-refractivity contribution in [2.75, 3.05) is 78.3 Å². The van der Waals surface area contributed by atoms with Gasteiger partial charge >= 0.3 is 0 Å². The predicted octanol–water partition coefficient (Wildman–Crippen LogP) is 3.76. The Morgan fingerprint density at radius 2 is 1.87 bits per heavy atom. The second kappa shape index (κ2) is 20.1. The van der Waals surface area contributed by atoms with Crippen molar-refractivity contribution in [1.82, 2.24) is 14.8 Å². The summed E-state index contributed by atoms with van der Waals surface area (Å²) in [6.07, 6.45) is 7.77. The number of aromatic nitrogens is 1. The molecule has 0 unspecified atom stereocenters. The van der Waals surface area contributed by atoms with E-state index in [1.165, 1.54) is 17.4 Å². The lowest BCUT2D eigenvalue weighted by molar-refractivity contribution is -0.114. The summed E-state index contributed by atoms with van der Waals surface area (Å²) in [7, 11) is 3.29. The summed E-state index contributed by atoms with van der Waals surface area (Å²) in [4.78, 5) is 54.9. The van der Waals surface area contributed by atoms with Gasteiger partial charge in [-0.05, 0) is 57.3 Å². The number of carbonyl (C=O) groups excluding carboxylic acids is 3. The number of morpholine rings is 1. The van der Waals surface area contributed by atoms with Gasteiger partial charge in [0.1, 0.15) is 41.0 Å². The summed E-state index contributed by atoms with van der Waals surface area (Å²) in [6.45, 7) is 12.9. The van der Waals surface area contributed by atoms with E-state index in [1.54, 1.807) is 39.3 Å². The van der Waals surface area contributed by atoms with Crippen molar-refractivity contribution < 1.29 is 28.6 Å². The Hall–Kier alpha value is -5.12. The van der Waals surface area contributed by atoms with Crippen LogP contribution in [0.4, 0.5) is 11.4 Å². The number of aliphatic imine (C=N–C) groups is 2. The molecular weight excluding hydrogens is 685 g/mol. The zero-order valence-electron chi connectivity index (χ0n) is 30.3. The molecule has 52 heavy (non-hydrogen) atoms. The van der Waals surface area contributed by atoms with Crippen LogP contribution in [-0.2, 0) is 16.1 Å². The number of nitrogens with two attached hydrogens (primary N) is 1. The highest BCUT2D eigenvalue weighted by Gasteiger charge is 2.21. The second-order valence-corrected chi connectivity index (χ2v) is 12.8. The third-order valence-corrected chi connectivity index (χ3v) is 9.24. The number of carbonyl (C=O) groups is 3. The largest absolute Gasteiger partial charge is 0.494 e. The van der Waals surface area contributed by atoms with Gasteiger partial charge < -0.3 is 34.7 Å². The molecule has 2 aromatic carbocycles. The topological polar surface area (TPSA) is 165 Å². The van der Waals surface area contributed by atoms with Gasteiger partial charge in [-0.15, -0.1) is 0 Å². The van der Waals surface area contributed by atoms with E-state index < -0.39 is 5.91 Å². The summed E-state index contributed by atoms with van der Waals surface area (Å²) in [5.74, 6) is 0.613. The number of fused-ring (bicyclic) bond motifs is 1. The Balaban J connectivity index is 1.67. The highest BCUT2D eigenvalue weighted by Crippen LogP contribution is 2.39. The summed E-state index contributed by atoms with van der Waals surface area (Å²) in [6, 6.07) is 6.85. The SMILES string of the molecule is C=Nc1cc(C=O)cc(OCCCN2CCOCC2)c1N(C/C=C/Cn1c(=NC)sc2cc(C=O)cc(OC)c21)CNC(=O)C(/C=C(/C)N)=NCC. The normalized spacial score (nSPS) is 14.5. The molecular formula is C37H48N8O6S. The molecule has 0 spiro atoms. The van der Waals surface area contributed by atoms with Crippen molar-refractivity contribution in [2.45, 2.75) is 26.8 Å². The number of hydrogen-bond donors (Lipinski definition) is 2. The standard InChI is InChI=1S/C37H48N8O6S/c1-6-41-30(18-26(2)38)36(48)42-25-44(11-7-8-12-45-35-31(49-5)20-28(24-47)22-33(35)52-37(45)40-4)34-29(39-3)19-27(23-46)21-32(34)51-15-9-10-43-13-16-50-17-14-43/h7-8,18-24H,3,6,9-17,25,38H2,1-2,4-5H3,(H,42,48)/b8-7+,26-18-,40-37?,41-30?. The van der Waals surface area contributed by atoms with Gasteiger partial charge in [0.15, 0.2) is 4.80 Å². The van der Waals surface area contributed by atoms with Crippen molar-refractivity contribution in [2.24, 2.45) is 20.7 Å². The zero-order chi connectivity index (χ0) is 37.5. The number of allylic oxidation sites excluding steroid dienone is 2. The third kappa shape index (κ3) is 10.5. The number of nitrogens with one attached hydrogen (secondary N) is 1. The van der Waals surface area contributed by atoms with Crippen LogP contribution in [0.15, 0.2) is 63.2 Å². The average Bonchev–Trinajstić information content (AvgIpc) is 3.52. The number of rotatable bonds is 19. The monoisotopic (exact) mass is 732 g/mol. The van der Waals surface area contributed by atoms with Crippen molar-refractivity contribution in [3.8, 4) is 11.5 Å². The van der Waals surface area contributed by atoms with E-state index in [9.17, 15) is 14.4 Å². The minimum atomic E-state index is -0.400. The third-order valence-electron chi connectivity index (χ3n) is 8.13. The maximum Gasteiger partial charge on any atom is 0.270 e. The summed E-state index contributed by atoms with van der Waals surface area (Å²) < 4.78 is 20.3. The van der Waals surface area contributed by atoms with Crippen molar-refractivity contribution in [3.63, 3.8) is 0 Å².